The van der Waals surface area contributed by atoms with E-state index in [1.807, 2.05) is 0 Å². The highest BCUT2D eigenvalue weighted by Gasteiger charge is 2.08. The van der Waals surface area contributed by atoms with Crippen molar-refractivity contribution >= 4 is 5.97 Å². The molecule has 0 aromatic heterocycles. The van der Waals surface area contributed by atoms with Crippen LogP contribution in [0.25, 0.3) is 0 Å². The second-order valence-corrected chi connectivity index (χ2v) is 4.33. The van der Waals surface area contributed by atoms with Gasteiger partial charge in [-0.1, -0.05) is 13.8 Å². The van der Waals surface area contributed by atoms with Crippen molar-refractivity contribution in [3.8, 4) is 5.75 Å². The third-order valence-corrected chi connectivity index (χ3v) is 2.36. The Balaban J connectivity index is 2.52. The van der Waals surface area contributed by atoms with Gasteiger partial charge in [0.2, 0.25) is 0 Å². The van der Waals surface area contributed by atoms with Gasteiger partial charge in [0.15, 0.2) is 11.6 Å². The van der Waals surface area contributed by atoms with Crippen LogP contribution < -0.4 is 4.74 Å². The van der Waals surface area contributed by atoms with Crippen molar-refractivity contribution in [3.63, 3.8) is 0 Å². The Bertz CT molecular complexity index is 388. The van der Waals surface area contributed by atoms with Crippen molar-refractivity contribution in [1.82, 2.24) is 0 Å². The number of benzene rings is 1. The summed E-state index contributed by atoms with van der Waals surface area (Å²) in [7, 11) is 0. The maximum atomic E-state index is 13.4. The van der Waals surface area contributed by atoms with E-state index in [4.69, 9.17) is 9.84 Å². The van der Waals surface area contributed by atoms with E-state index in [1.165, 1.54) is 12.1 Å². The van der Waals surface area contributed by atoms with E-state index in [0.717, 1.165) is 18.9 Å². The molecule has 0 radical (unpaired) electrons. The maximum absolute atomic E-state index is 13.4. The van der Waals surface area contributed by atoms with Gasteiger partial charge in [-0.05, 0) is 37.0 Å². The summed E-state index contributed by atoms with van der Waals surface area (Å²) in [6, 6.07) is 3.66. The van der Waals surface area contributed by atoms with Gasteiger partial charge in [0.05, 0.1) is 12.2 Å². The van der Waals surface area contributed by atoms with Gasteiger partial charge in [-0.2, -0.15) is 0 Å². The third kappa shape index (κ3) is 4.43. The quantitative estimate of drug-likeness (QED) is 0.776. The van der Waals surface area contributed by atoms with Crippen LogP contribution >= 0.6 is 0 Å². The fraction of sp³-hybridized carbons (Fsp3) is 0.462. The first-order valence-electron chi connectivity index (χ1n) is 5.66. The molecule has 1 aromatic carbocycles. The van der Waals surface area contributed by atoms with E-state index < -0.39 is 11.8 Å². The number of hydrogen-bond acceptors (Lipinski definition) is 2. The van der Waals surface area contributed by atoms with Crippen LogP contribution in [0.4, 0.5) is 4.39 Å². The molecule has 0 aliphatic carbocycles. The lowest BCUT2D eigenvalue weighted by molar-refractivity contribution is 0.0696. The molecule has 0 aliphatic rings. The maximum Gasteiger partial charge on any atom is 0.335 e. The minimum atomic E-state index is -1.14. The molecule has 17 heavy (non-hydrogen) atoms. The molecule has 0 saturated carbocycles. The molecule has 0 fully saturated rings. The molecule has 0 unspecified atom stereocenters. The van der Waals surface area contributed by atoms with Crippen LogP contribution in [0.15, 0.2) is 18.2 Å². The van der Waals surface area contributed by atoms with Gasteiger partial charge in [-0.15, -0.1) is 0 Å². The second-order valence-electron chi connectivity index (χ2n) is 4.33. The molecule has 1 rings (SSSR count). The van der Waals surface area contributed by atoms with Gasteiger partial charge in [0.1, 0.15) is 0 Å². The Morgan fingerprint density at radius 2 is 2.18 bits per heavy atom. The number of aromatic carboxylic acids is 1. The summed E-state index contributed by atoms with van der Waals surface area (Å²) in [5.74, 6) is -1.07. The molecule has 0 atom stereocenters. The average molecular weight is 240 g/mol. The number of carboxylic acids is 1. The Morgan fingerprint density at radius 1 is 1.47 bits per heavy atom. The van der Waals surface area contributed by atoms with E-state index in [0.29, 0.717) is 12.5 Å². The van der Waals surface area contributed by atoms with E-state index in [9.17, 15) is 9.18 Å². The molecule has 0 heterocycles. The molecule has 0 amide bonds. The molecule has 0 bridgehead atoms. The fourth-order valence-electron chi connectivity index (χ4n) is 1.42. The van der Waals surface area contributed by atoms with E-state index in [-0.39, 0.29) is 11.3 Å². The van der Waals surface area contributed by atoms with Crippen molar-refractivity contribution in [2.75, 3.05) is 6.61 Å². The van der Waals surface area contributed by atoms with Crippen LogP contribution in [-0.4, -0.2) is 17.7 Å². The van der Waals surface area contributed by atoms with Crippen molar-refractivity contribution in [2.45, 2.75) is 26.7 Å². The molecule has 0 spiro atoms. The molecule has 0 aliphatic heterocycles. The smallest absolute Gasteiger partial charge is 0.335 e. The molecular formula is C13H17FO3. The Kier molecular flexibility index (Phi) is 4.94. The Morgan fingerprint density at radius 3 is 2.71 bits per heavy atom. The summed E-state index contributed by atoms with van der Waals surface area (Å²) in [6.45, 7) is 4.67. The zero-order valence-corrected chi connectivity index (χ0v) is 10.1. The van der Waals surface area contributed by atoms with Gasteiger partial charge in [-0.25, -0.2) is 9.18 Å². The number of carboxylic acid groups (broad SMARTS) is 1. The second kappa shape index (κ2) is 6.23. The van der Waals surface area contributed by atoms with Gasteiger partial charge >= 0.3 is 5.97 Å². The summed E-state index contributed by atoms with van der Waals surface area (Å²) >= 11 is 0. The van der Waals surface area contributed by atoms with Gasteiger partial charge < -0.3 is 9.84 Å². The number of rotatable bonds is 6. The van der Waals surface area contributed by atoms with Crippen molar-refractivity contribution < 1.29 is 19.0 Å². The van der Waals surface area contributed by atoms with Crippen LogP contribution in [0, 0.1) is 11.7 Å². The summed E-state index contributed by atoms with van der Waals surface area (Å²) < 4.78 is 18.7. The lowest BCUT2D eigenvalue weighted by atomic mass is 10.1. The van der Waals surface area contributed by atoms with Gasteiger partial charge in [0, 0.05) is 0 Å². The van der Waals surface area contributed by atoms with Gasteiger partial charge in [0.25, 0.3) is 0 Å². The SMILES string of the molecule is CC(C)CCCOc1ccc(C(=O)O)cc1F. The van der Waals surface area contributed by atoms with Gasteiger partial charge in [-0.3, -0.25) is 0 Å². The van der Waals surface area contributed by atoms with E-state index in [1.54, 1.807) is 0 Å². The van der Waals surface area contributed by atoms with Crippen LogP contribution in [0.1, 0.15) is 37.0 Å². The first-order valence-corrected chi connectivity index (χ1v) is 5.66. The predicted octanol–water partition coefficient (Wildman–Crippen LogP) is 3.34. The normalized spacial score (nSPS) is 10.6. The predicted molar refractivity (Wildman–Crippen MR) is 62.9 cm³/mol. The highest BCUT2D eigenvalue weighted by Crippen LogP contribution is 2.19. The van der Waals surface area contributed by atoms with Crippen LogP contribution in [0.3, 0.4) is 0 Å². The lowest BCUT2D eigenvalue weighted by Gasteiger charge is -2.08. The van der Waals surface area contributed by atoms with Crippen LogP contribution in [0.5, 0.6) is 5.75 Å². The average Bonchev–Trinajstić information content (AvgIpc) is 2.25. The molecule has 1 N–H and O–H groups in total. The first kappa shape index (κ1) is 13.5. The summed E-state index contributed by atoms with van der Waals surface area (Å²) in [5, 5.41) is 8.67. The summed E-state index contributed by atoms with van der Waals surface area (Å²) in [5.41, 5.74) is -0.0722. The summed E-state index contributed by atoms with van der Waals surface area (Å²) in [4.78, 5) is 10.6. The lowest BCUT2D eigenvalue weighted by Crippen LogP contribution is -2.03. The largest absolute Gasteiger partial charge is 0.491 e. The molecule has 1 aromatic rings. The van der Waals surface area contributed by atoms with E-state index >= 15 is 0 Å². The van der Waals surface area contributed by atoms with E-state index in [2.05, 4.69) is 13.8 Å². The van der Waals surface area contributed by atoms with Crippen molar-refractivity contribution in [3.05, 3.63) is 29.6 Å². The topological polar surface area (TPSA) is 46.5 Å². The standard InChI is InChI=1S/C13H17FO3/c1-9(2)4-3-7-17-12-6-5-10(13(15)16)8-11(12)14/h5-6,8-9H,3-4,7H2,1-2H3,(H,15,16). The fourth-order valence-corrected chi connectivity index (χ4v) is 1.42. The monoisotopic (exact) mass is 240 g/mol. The number of ether oxygens (including phenoxy) is 1. The Labute approximate surface area is 100 Å². The molecule has 0 saturated heterocycles. The molecule has 3 nitrogen and oxygen atoms in total. The highest BCUT2D eigenvalue weighted by molar-refractivity contribution is 5.87. The highest BCUT2D eigenvalue weighted by atomic mass is 19.1. The molecular weight excluding hydrogens is 223 g/mol. The number of hydrogen-bond donors (Lipinski definition) is 1. The molecule has 94 valence electrons. The molecule has 4 heteroatoms. The van der Waals surface area contributed by atoms with Crippen LogP contribution in [-0.2, 0) is 0 Å². The van der Waals surface area contributed by atoms with Crippen molar-refractivity contribution in [1.29, 1.82) is 0 Å². The minimum Gasteiger partial charge on any atom is -0.491 e. The minimum absolute atomic E-state index is 0.0722. The zero-order valence-electron chi connectivity index (χ0n) is 10.1. The number of halogens is 1. The Hall–Kier alpha value is -1.58. The zero-order chi connectivity index (χ0) is 12.8. The summed E-state index contributed by atoms with van der Waals surface area (Å²) in [6.07, 6.45) is 1.88. The van der Waals surface area contributed by atoms with Crippen molar-refractivity contribution in [2.24, 2.45) is 5.92 Å². The van der Waals surface area contributed by atoms with Crippen LogP contribution in [0.2, 0.25) is 0 Å². The third-order valence-electron chi connectivity index (χ3n) is 2.36. The first-order chi connectivity index (χ1) is 8.00. The number of carbonyl (C=O) groups is 1.